The number of aromatic nitrogens is 1. The molecular weight excluding hydrogens is 220 g/mol. The van der Waals surface area contributed by atoms with Gasteiger partial charge in [-0.1, -0.05) is 6.92 Å². The number of hydrogen-bond acceptors (Lipinski definition) is 3. The Morgan fingerprint density at radius 2 is 2.18 bits per heavy atom. The minimum atomic E-state index is -1.25. The molecular formula is C12H16N2O3. The second-order valence-corrected chi connectivity index (χ2v) is 4.08. The Morgan fingerprint density at radius 1 is 1.53 bits per heavy atom. The number of carbonyl (C=O) groups excluding carboxylic acids is 1. The number of hydrogen-bond donors (Lipinski definition) is 2. The lowest BCUT2D eigenvalue weighted by atomic mass is 9.98. The summed E-state index contributed by atoms with van der Waals surface area (Å²) in [5, 5.41) is 11.6. The monoisotopic (exact) mass is 236 g/mol. The van der Waals surface area contributed by atoms with Gasteiger partial charge >= 0.3 is 5.97 Å². The molecule has 0 aliphatic rings. The van der Waals surface area contributed by atoms with Gasteiger partial charge in [0, 0.05) is 11.9 Å². The smallest absolute Gasteiger partial charge is 0.329 e. The van der Waals surface area contributed by atoms with Crippen molar-refractivity contribution in [3.8, 4) is 0 Å². The average Bonchev–Trinajstić information content (AvgIpc) is 2.29. The van der Waals surface area contributed by atoms with Crippen LogP contribution in [-0.4, -0.2) is 27.5 Å². The number of nitrogens with zero attached hydrogens (tertiary/aromatic N) is 1. The summed E-state index contributed by atoms with van der Waals surface area (Å²) in [7, 11) is 0. The van der Waals surface area contributed by atoms with Gasteiger partial charge in [0.15, 0.2) is 0 Å². The number of aliphatic carboxylic acids is 1. The normalized spacial score (nSPS) is 13.8. The van der Waals surface area contributed by atoms with E-state index in [9.17, 15) is 9.59 Å². The molecule has 1 rings (SSSR count). The van der Waals surface area contributed by atoms with Crippen LogP contribution in [0.4, 0.5) is 0 Å². The standard InChI is InChI=1S/C12H16N2O3/c1-4-12(3,11(16)17)14-10(15)9-6-5-7-13-8(9)2/h5-7H,4H2,1-3H3,(H,14,15)(H,16,17). The lowest BCUT2D eigenvalue weighted by Crippen LogP contribution is -2.51. The first-order chi connectivity index (χ1) is 7.90. The number of aryl methyl sites for hydroxylation is 1. The summed E-state index contributed by atoms with van der Waals surface area (Å²) >= 11 is 0. The quantitative estimate of drug-likeness (QED) is 0.827. The van der Waals surface area contributed by atoms with Crippen molar-refractivity contribution >= 4 is 11.9 Å². The van der Waals surface area contributed by atoms with Gasteiger partial charge in [-0.05, 0) is 32.4 Å². The zero-order chi connectivity index (χ0) is 13.1. The largest absolute Gasteiger partial charge is 0.480 e. The SMILES string of the molecule is CCC(C)(NC(=O)c1cccnc1C)C(=O)O. The predicted octanol–water partition coefficient (Wildman–Crippen LogP) is 1.37. The van der Waals surface area contributed by atoms with Crippen LogP contribution in [0.15, 0.2) is 18.3 Å². The highest BCUT2D eigenvalue weighted by atomic mass is 16.4. The van der Waals surface area contributed by atoms with Crippen LogP contribution in [0.1, 0.15) is 36.3 Å². The Labute approximate surface area is 99.9 Å². The number of carboxylic acid groups (broad SMARTS) is 1. The summed E-state index contributed by atoms with van der Waals surface area (Å²) in [4.78, 5) is 27.0. The van der Waals surface area contributed by atoms with Gasteiger partial charge in [0.25, 0.3) is 5.91 Å². The van der Waals surface area contributed by atoms with Crippen LogP contribution in [0.2, 0.25) is 0 Å². The summed E-state index contributed by atoms with van der Waals surface area (Å²) < 4.78 is 0. The first-order valence-electron chi connectivity index (χ1n) is 5.38. The van der Waals surface area contributed by atoms with Crippen molar-refractivity contribution < 1.29 is 14.7 Å². The van der Waals surface area contributed by atoms with E-state index in [-0.39, 0.29) is 0 Å². The fourth-order valence-corrected chi connectivity index (χ4v) is 1.34. The number of amides is 1. The second kappa shape index (κ2) is 4.95. The molecule has 92 valence electrons. The van der Waals surface area contributed by atoms with Gasteiger partial charge in [-0.25, -0.2) is 4.79 Å². The van der Waals surface area contributed by atoms with Crippen LogP contribution in [0.5, 0.6) is 0 Å². The van der Waals surface area contributed by atoms with E-state index in [0.29, 0.717) is 17.7 Å². The molecule has 1 amide bonds. The highest BCUT2D eigenvalue weighted by molar-refractivity contribution is 5.98. The molecule has 0 saturated carbocycles. The van der Waals surface area contributed by atoms with Crippen molar-refractivity contribution in [1.82, 2.24) is 10.3 Å². The third-order valence-electron chi connectivity index (χ3n) is 2.82. The van der Waals surface area contributed by atoms with Crippen LogP contribution in [-0.2, 0) is 4.79 Å². The lowest BCUT2D eigenvalue weighted by Gasteiger charge is -2.24. The molecule has 17 heavy (non-hydrogen) atoms. The summed E-state index contributed by atoms with van der Waals surface area (Å²) in [6.45, 7) is 4.91. The zero-order valence-corrected chi connectivity index (χ0v) is 10.2. The number of nitrogens with one attached hydrogen (secondary N) is 1. The first-order valence-corrected chi connectivity index (χ1v) is 5.38. The van der Waals surface area contributed by atoms with Crippen LogP contribution < -0.4 is 5.32 Å². The van der Waals surface area contributed by atoms with E-state index in [1.165, 1.54) is 6.92 Å². The van der Waals surface area contributed by atoms with Gasteiger partial charge in [0.2, 0.25) is 0 Å². The fourth-order valence-electron chi connectivity index (χ4n) is 1.34. The van der Waals surface area contributed by atoms with Crippen molar-refractivity contribution in [1.29, 1.82) is 0 Å². The van der Waals surface area contributed by atoms with Crippen LogP contribution >= 0.6 is 0 Å². The van der Waals surface area contributed by atoms with Crippen molar-refractivity contribution in [2.24, 2.45) is 0 Å². The maximum atomic E-state index is 11.9. The Hall–Kier alpha value is -1.91. The topological polar surface area (TPSA) is 79.3 Å². The van der Waals surface area contributed by atoms with E-state index in [1.807, 2.05) is 0 Å². The van der Waals surface area contributed by atoms with E-state index in [2.05, 4.69) is 10.3 Å². The molecule has 1 aromatic rings. The minimum Gasteiger partial charge on any atom is -0.480 e. The molecule has 5 nitrogen and oxygen atoms in total. The van der Waals surface area contributed by atoms with Crippen molar-refractivity contribution in [2.45, 2.75) is 32.7 Å². The highest BCUT2D eigenvalue weighted by Crippen LogP contribution is 2.12. The summed E-state index contributed by atoms with van der Waals surface area (Å²) in [5.41, 5.74) is -0.276. The van der Waals surface area contributed by atoms with Gasteiger partial charge < -0.3 is 10.4 Å². The van der Waals surface area contributed by atoms with E-state index < -0.39 is 17.4 Å². The maximum absolute atomic E-state index is 11.9. The Kier molecular flexibility index (Phi) is 3.83. The average molecular weight is 236 g/mol. The predicted molar refractivity (Wildman–Crippen MR) is 62.8 cm³/mol. The third kappa shape index (κ3) is 2.81. The van der Waals surface area contributed by atoms with E-state index in [0.717, 1.165) is 0 Å². The van der Waals surface area contributed by atoms with E-state index in [1.54, 1.807) is 32.2 Å². The Bertz CT molecular complexity index is 445. The van der Waals surface area contributed by atoms with Crippen molar-refractivity contribution in [2.75, 3.05) is 0 Å². The molecule has 5 heteroatoms. The highest BCUT2D eigenvalue weighted by Gasteiger charge is 2.33. The molecule has 1 aromatic heterocycles. The summed E-state index contributed by atoms with van der Waals surface area (Å²) in [6, 6.07) is 3.27. The first kappa shape index (κ1) is 13.2. The van der Waals surface area contributed by atoms with Gasteiger partial charge in [-0.15, -0.1) is 0 Å². The van der Waals surface area contributed by atoms with Crippen molar-refractivity contribution in [3.63, 3.8) is 0 Å². The molecule has 0 saturated heterocycles. The van der Waals surface area contributed by atoms with Crippen LogP contribution in [0.25, 0.3) is 0 Å². The van der Waals surface area contributed by atoms with Crippen LogP contribution in [0.3, 0.4) is 0 Å². The zero-order valence-electron chi connectivity index (χ0n) is 10.2. The molecule has 1 atom stereocenters. The molecule has 1 heterocycles. The van der Waals surface area contributed by atoms with E-state index >= 15 is 0 Å². The van der Waals surface area contributed by atoms with Crippen molar-refractivity contribution in [3.05, 3.63) is 29.6 Å². The van der Waals surface area contributed by atoms with Gasteiger partial charge in [-0.3, -0.25) is 9.78 Å². The van der Waals surface area contributed by atoms with Gasteiger partial charge in [-0.2, -0.15) is 0 Å². The Balaban J connectivity index is 2.93. The number of carbonyl (C=O) groups is 2. The van der Waals surface area contributed by atoms with Gasteiger partial charge in [0.05, 0.1) is 5.56 Å². The molecule has 0 aliphatic heterocycles. The molecule has 0 aliphatic carbocycles. The number of rotatable bonds is 4. The fraction of sp³-hybridized carbons (Fsp3) is 0.417. The third-order valence-corrected chi connectivity index (χ3v) is 2.82. The molecule has 0 spiro atoms. The second-order valence-electron chi connectivity index (χ2n) is 4.08. The number of carboxylic acids is 1. The summed E-state index contributed by atoms with van der Waals surface area (Å²) in [5.74, 6) is -1.46. The molecule has 0 bridgehead atoms. The number of pyridine rings is 1. The molecule has 0 aromatic carbocycles. The maximum Gasteiger partial charge on any atom is 0.329 e. The molecule has 0 fully saturated rings. The summed E-state index contributed by atoms with van der Waals surface area (Å²) in [6.07, 6.45) is 1.90. The lowest BCUT2D eigenvalue weighted by molar-refractivity contribution is -0.143. The van der Waals surface area contributed by atoms with E-state index in [4.69, 9.17) is 5.11 Å². The van der Waals surface area contributed by atoms with Gasteiger partial charge in [0.1, 0.15) is 5.54 Å². The Morgan fingerprint density at radius 3 is 2.65 bits per heavy atom. The van der Waals surface area contributed by atoms with Crippen LogP contribution in [0, 0.1) is 6.92 Å². The molecule has 2 N–H and O–H groups in total. The minimum absolute atomic E-state index is 0.313. The molecule has 1 unspecified atom stereocenters. The molecule has 0 radical (unpaired) electrons.